The Bertz CT molecular complexity index is 435. The van der Waals surface area contributed by atoms with Gasteiger partial charge in [0.25, 0.3) is 0 Å². The first-order valence-corrected chi connectivity index (χ1v) is 7.71. The van der Waals surface area contributed by atoms with Gasteiger partial charge in [0.1, 0.15) is 18.5 Å². The summed E-state index contributed by atoms with van der Waals surface area (Å²) in [5.41, 5.74) is 2.27. The topological polar surface area (TPSA) is 50.7 Å². The first kappa shape index (κ1) is 16.3. The van der Waals surface area contributed by atoms with Gasteiger partial charge in [-0.1, -0.05) is 6.07 Å². The van der Waals surface area contributed by atoms with E-state index in [4.69, 9.17) is 9.47 Å². The Kier molecular flexibility index (Phi) is 5.62. The number of rotatable bonds is 7. The van der Waals surface area contributed by atoms with Gasteiger partial charge in [0, 0.05) is 19.7 Å². The zero-order chi connectivity index (χ0) is 15.3. The Morgan fingerprint density at radius 2 is 2.05 bits per heavy atom. The summed E-state index contributed by atoms with van der Waals surface area (Å²) in [6.07, 6.45) is 1.68. The van der Waals surface area contributed by atoms with Gasteiger partial charge in [-0.25, -0.2) is 0 Å². The number of aryl methyl sites for hydroxylation is 2. The maximum Gasteiger partial charge on any atom is 0.119 e. The van der Waals surface area contributed by atoms with Crippen LogP contribution in [0, 0.1) is 13.8 Å². The maximum absolute atomic E-state index is 9.98. The molecule has 0 saturated carbocycles. The summed E-state index contributed by atoms with van der Waals surface area (Å²) in [7, 11) is 0. The van der Waals surface area contributed by atoms with Crippen LogP contribution in [0.25, 0.3) is 0 Å². The molecule has 0 bridgehead atoms. The van der Waals surface area contributed by atoms with Crippen molar-refractivity contribution >= 4 is 0 Å². The number of aliphatic hydroxyl groups excluding tert-OH is 1. The highest BCUT2D eigenvalue weighted by Crippen LogP contribution is 2.23. The molecule has 0 spiro atoms. The predicted molar refractivity (Wildman–Crippen MR) is 83.9 cm³/mol. The van der Waals surface area contributed by atoms with Crippen LogP contribution in [0.4, 0.5) is 0 Å². The average molecular weight is 293 g/mol. The van der Waals surface area contributed by atoms with Gasteiger partial charge < -0.3 is 19.9 Å². The zero-order valence-corrected chi connectivity index (χ0v) is 13.3. The molecule has 2 rings (SSSR count). The quantitative estimate of drug-likeness (QED) is 0.809. The minimum absolute atomic E-state index is 0.0752. The van der Waals surface area contributed by atoms with E-state index in [2.05, 4.69) is 18.3 Å². The second-order valence-electron chi connectivity index (χ2n) is 6.32. The number of nitrogens with one attached hydrogen (secondary N) is 1. The first-order chi connectivity index (χ1) is 9.97. The minimum atomic E-state index is -0.518. The molecular formula is C17H27NO3. The van der Waals surface area contributed by atoms with E-state index >= 15 is 0 Å². The first-order valence-electron chi connectivity index (χ1n) is 7.71. The molecule has 4 nitrogen and oxygen atoms in total. The van der Waals surface area contributed by atoms with Crippen molar-refractivity contribution in [3.8, 4) is 5.75 Å². The molecule has 1 aromatic carbocycles. The van der Waals surface area contributed by atoms with Gasteiger partial charge in [0.15, 0.2) is 0 Å². The minimum Gasteiger partial charge on any atom is -0.491 e. The predicted octanol–water partition coefficient (Wildman–Crippen LogP) is 2.20. The molecule has 1 fully saturated rings. The fourth-order valence-corrected chi connectivity index (χ4v) is 2.75. The molecule has 1 saturated heterocycles. The van der Waals surface area contributed by atoms with E-state index in [1.54, 1.807) is 0 Å². The fraction of sp³-hybridized carbons (Fsp3) is 0.647. The standard InChI is InChI=1S/C17H27NO3/c1-13-7-14(2)9-16(8-13)20-11-15(19)10-18-12-17(3)5-4-6-21-17/h7-9,15,18-19H,4-6,10-12H2,1-3H3. The van der Waals surface area contributed by atoms with Crippen molar-refractivity contribution in [3.63, 3.8) is 0 Å². The lowest BCUT2D eigenvalue weighted by Crippen LogP contribution is -2.41. The largest absolute Gasteiger partial charge is 0.491 e. The second-order valence-corrected chi connectivity index (χ2v) is 6.32. The summed E-state index contributed by atoms with van der Waals surface area (Å²) in [6, 6.07) is 6.08. The third kappa shape index (κ3) is 5.30. The van der Waals surface area contributed by atoms with Gasteiger partial charge in [0.05, 0.1) is 5.60 Å². The summed E-state index contributed by atoms with van der Waals surface area (Å²) >= 11 is 0. The molecule has 118 valence electrons. The molecule has 21 heavy (non-hydrogen) atoms. The average Bonchev–Trinajstić information content (AvgIpc) is 2.82. The molecular weight excluding hydrogens is 266 g/mol. The van der Waals surface area contributed by atoms with Crippen molar-refractivity contribution in [2.24, 2.45) is 0 Å². The van der Waals surface area contributed by atoms with E-state index in [0.717, 1.165) is 31.7 Å². The van der Waals surface area contributed by atoms with E-state index < -0.39 is 6.10 Å². The summed E-state index contributed by atoms with van der Waals surface area (Å²) < 4.78 is 11.4. The maximum atomic E-state index is 9.98. The van der Waals surface area contributed by atoms with Gasteiger partial charge in [-0.05, 0) is 56.9 Å². The van der Waals surface area contributed by atoms with Crippen LogP contribution < -0.4 is 10.1 Å². The second kappa shape index (κ2) is 7.25. The SMILES string of the molecule is Cc1cc(C)cc(OCC(O)CNCC2(C)CCCO2)c1. The van der Waals surface area contributed by atoms with E-state index in [0.29, 0.717) is 13.2 Å². The Morgan fingerprint density at radius 3 is 2.67 bits per heavy atom. The number of benzene rings is 1. The lowest BCUT2D eigenvalue weighted by atomic mass is 10.0. The van der Waals surface area contributed by atoms with Gasteiger partial charge in [-0.3, -0.25) is 0 Å². The molecule has 2 atom stereocenters. The Labute approximate surface area is 127 Å². The van der Waals surface area contributed by atoms with Crippen LogP contribution >= 0.6 is 0 Å². The Balaban J connectivity index is 1.68. The Morgan fingerprint density at radius 1 is 1.33 bits per heavy atom. The molecule has 0 radical (unpaired) electrons. The summed E-state index contributed by atoms with van der Waals surface area (Å²) in [5.74, 6) is 0.817. The van der Waals surface area contributed by atoms with E-state index in [9.17, 15) is 5.11 Å². The third-order valence-electron chi connectivity index (χ3n) is 3.82. The van der Waals surface area contributed by atoms with Crippen molar-refractivity contribution < 1.29 is 14.6 Å². The lowest BCUT2D eigenvalue weighted by molar-refractivity contribution is 0.0170. The van der Waals surface area contributed by atoms with Gasteiger partial charge in [0.2, 0.25) is 0 Å². The van der Waals surface area contributed by atoms with Crippen LogP contribution in [0.1, 0.15) is 30.9 Å². The van der Waals surface area contributed by atoms with Gasteiger partial charge >= 0.3 is 0 Å². The van der Waals surface area contributed by atoms with Crippen molar-refractivity contribution in [2.75, 3.05) is 26.3 Å². The number of hydrogen-bond donors (Lipinski definition) is 2. The van der Waals surface area contributed by atoms with Crippen LogP contribution in [-0.4, -0.2) is 43.1 Å². The van der Waals surface area contributed by atoms with Crippen LogP contribution in [0.3, 0.4) is 0 Å². The smallest absolute Gasteiger partial charge is 0.119 e. The van der Waals surface area contributed by atoms with Crippen LogP contribution in [0.15, 0.2) is 18.2 Å². The number of ether oxygens (including phenoxy) is 2. The van der Waals surface area contributed by atoms with Crippen molar-refractivity contribution in [1.29, 1.82) is 0 Å². The van der Waals surface area contributed by atoms with Gasteiger partial charge in [-0.2, -0.15) is 0 Å². The van der Waals surface area contributed by atoms with Gasteiger partial charge in [-0.15, -0.1) is 0 Å². The normalized spacial score (nSPS) is 23.2. The molecule has 1 aromatic rings. The highest BCUT2D eigenvalue weighted by atomic mass is 16.5. The van der Waals surface area contributed by atoms with Crippen molar-refractivity contribution in [1.82, 2.24) is 5.32 Å². The van der Waals surface area contributed by atoms with Crippen LogP contribution in [-0.2, 0) is 4.74 Å². The van der Waals surface area contributed by atoms with Crippen LogP contribution in [0.2, 0.25) is 0 Å². The summed E-state index contributed by atoms with van der Waals surface area (Å²) in [4.78, 5) is 0. The molecule has 1 aliphatic rings. The zero-order valence-electron chi connectivity index (χ0n) is 13.3. The molecule has 1 heterocycles. The Hall–Kier alpha value is -1.10. The molecule has 2 unspecified atom stereocenters. The lowest BCUT2D eigenvalue weighted by Gasteiger charge is -2.24. The molecule has 4 heteroatoms. The number of hydrogen-bond acceptors (Lipinski definition) is 4. The molecule has 0 aromatic heterocycles. The van der Waals surface area contributed by atoms with E-state index in [-0.39, 0.29) is 5.60 Å². The molecule has 1 aliphatic heterocycles. The summed E-state index contributed by atoms with van der Waals surface area (Å²) in [6.45, 7) is 8.63. The van der Waals surface area contributed by atoms with E-state index in [1.165, 1.54) is 11.1 Å². The van der Waals surface area contributed by atoms with Crippen molar-refractivity contribution in [2.45, 2.75) is 45.3 Å². The molecule has 0 aliphatic carbocycles. The molecule has 0 amide bonds. The van der Waals surface area contributed by atoms with Crippen LogP contribution in [0.5, 0.6) is 5.75 Å². The molecule has 2 N–H and O–H groups in total. The fourth-order valence-electron chi connectivity index (χ4n) is 2.75. The highest BCUT2D eigenvalue weighted by Gasteiger charge is 2.29. The van der Waals surface area contributed by atoms with Crippen molar-refractivity contribution in [3.05, 3.63) is 29.3 Å². The monoisotopic (exact) mass is 293 g/mol. The highest BCUT2D eigenvalue weighted by molar-refractivity contribution is 5.32. The third-order valence-corrected chi connectivity index (χ3v) is 3.82. The van der Waals surface area contributed by atoms with E-state index in [1.807, 2.05) is 26.0 Å². The number of aliphatic hydroxyl groups is 1. The summed E-state index contributed by atoms with van der Waals surface area (Å²) in [5, 5.41) is 13.3.